The molecule has 0 bridgehead atoms. The lowest BCUT2D eigenvalue weighted by Gasteiger charge is -2.26. The molecule has 1 aliphatic rings. The van der Waals surface area contributed by atoms with Gasteiger partial charge in [-0.3, -0.25) is 9.69 Å². The molecule has 1 aromatic heterocycles. The minimum absolute atomic E-state index is 0.122. The van der Waals surface area contributed by atoms with Gasteiger partial charge in [-0.2, -0.15) is 0 Å². The highest BCUT2D eigenvalue weighted by Gasteiger charge is 2.34. The SMILES string of the molecule is CCN(CC)[C@H](C)CNC(=O)c1nnn(-c2ccccc2)c1C1CC1. The molecule has 0 radical (unpaired) electrons. The topological polar surface area (TPSA) is 63.1 Å². The van der Waals surface area contributed by atoms with E-state index in [0.29, 0.717) is 24.2 Å². The van der Waals surface area contributed by atoms with Crippen LogP contribution in [0.1, 0.15) is 55.7 Å². The molecule has 1 amide bonds. The van der Waals surface area contributed by atoms with Crippen molar-refractivity contribution < 1.29 is 4.79 Å². The van der Waals surface area contributed by atoms with Crippen molar-refractivity contribution in [2.24, 2.45) is 0 Å². The third-order valence-corrected chi connectivity index (χ3v) is 4.88. The third kappa shape index (κ3) is 3.90. The summed E-state index contributed by atoms with van der Waals surface area (Å²) in [4.78, 5) is 15.0. The zero-order valence-corrected chi connectivity index (χ0v) is 15.3. The highest BCUT2D eigenvalue weighted by atomic mass is 16.2. The summed E-state index contributed by atoms with van der Waals surface area (Å²) < 4.78 is 1.82. The Morgan fingerprint density at radius 2 is 1.96 bits per heavy atom. The number of nitrogens with one attached hydrogen (secondary N) is 1. The molecule has 0 saturated heterocycles. The van der Waals surface area contributed by atoms with E-state index in [1.807, 2.05) is 35.0 Å². The van der Waals surface area contributed by atoms with Crippen LogP contribution in [0.4, 0.5) is 0 Å². The summed E-state index contributed by atoms with van der Waals surface area (Å²) in [5.74, 6) is 0.263. The predicted molar refractivity (Wildman–Crippen MR) is 98.1 cm³/mol. The Labute approximate surface area is 149 Å². The number of benzene rings is 1. The monoisotopic (exact) mass is 341 g/mol. The maximum Gasteiger partial charge on any atom is 0.273 e. The van der Waals surface area contributed by atoms with Gasteiger partial charge in [-0.05, 0) is 45.0 Å². The van der Waals surface area contributed by atoms with Gasteiger partial charge in [0, 0.05) is 18.5 Å². The number of nitrogens with zero attached hydrogens (tertiary/aromatic N) is 4. The van der Waals surface area contributed by atoms with Crippen molar-refractivity contribution in [3.8, 4) is 5.69 Å². The Bertz CT molecular complexity index is 704. The van der Waals surface area contributed by atoms with Crippen LogP contribution in [0.2, 0.25) is 0 Å². The van der Waals surface area contributed by atoms with Crippen molar-refractivity contribution in [2.75, 3.05) is 19.6 Å². The predicted octanol–water partition coefficient (Wildman–Crippen LogP) is 2.60. The summed E-state index contributed by atoms with van der Waals surface area (Å²) in [6, 6.07) is 10.2. The molecule has 1 aromatic carbocycles. The van der Waals surface area contributed by atoms with Crippen LogP contribution in [0.15, 0.2) is 30.3 Å². The van der Waals surface area contributed by atoms with Crippen molar-refractivity contribution in [3.05, 3.63) is 41.7 Å². The first-order valence-electron chi connectivity index (χ1n) is 9.18. The zero-order chi connectivity index (χ0) is 17.8. The molecule has 1 N–H and O–H groups in total. The van der Waals surface area contributed by atoms with E-state index >= 15 is 0 Å². The molecule has 1 fully saturated rings. The fourth-order valence-corrected chi connectivity index (χ4v) is 3.23. The second kappa shape index (κ2) is 7.78. The molecule has 134 valence electrons. The standard InChI is InChI=1S/C19H27N5O/c1-4-23(5-2)14(3)13-20-19(25)17-18(15-11-12-15)24(22-21-17)16-9-7-6-8-10-16/h6-10,14-15H,4-5,11-13H2,1-3H3,(H,20,25)/t14-/m1/s1. The largest absolute Gasteiger partial charge is 0.349 e. The van der Waals surface area contributed by atoms with E-state index in [9.17, 15) is 4.79 Å². The molecule has 3 rings (SSSR count). The highest BCUT2D eigenvalue weighted by molar-refractivity contribution is 5.93. The lowest BCUT2D eigenvalue weighted by Crippen LogP contribution is -2.42. The van der Waals surface area contributed by atoms with Crippen molar-refractivity contribution in [3.63, 3.8) is 0 Å². The molecule has 1 heterocycles. The van der Waals surface area contributed by atoms with Crippen molar-refractivity contribution in [1.82, 2.24) is 25.2 Å². The van der Waals surface area contributed by atoms with E-state index in [0.717, 1.165) is 37.3 Å². The molecule has 0 unspecified atom stereocenters. The van der Waals surface area contributed by atoms with E-state index in [1.165, 1.54) is 0 Å². The average molecular weight is 341 g/mol. The summed E-state index contributed by atoms with van der Waals surface area (Å²) in [6.45, 7) is 8.98. The van der Waals surface area contributed by atoms with Gasteiger partial charge in [0.2, 0.25) is 0 Å². The fourth-order valence-electron chi connectivity index (χ4n) is 3.23. The van der Waals surface area contributed by atoms with Gasteiger partial charge in [-0.25, -0.2) is 4.68 Å². The minimum atomic E-state index is -0.122. The van der Waals surface area contributed by atoms with Gasteiger partial charge in [0.25, 0.3) is 5.91 Å². The van der Waals surface area contributed by atoms with E-state index in [4.69, 9.17) is 0 Å². The Kier molecular flexibility index (Phi) is 5.48. The normalized spacial score (nSPS) is 15.4. The van der Waals surface area contributed by atoms with Crippen LogP contribution < -0.4 is 5.32 Å². The smallest absolute Gasteiger partial charge is 0.273 e. The summed E-state index contributed by atoms with van der Waals surface area (Å²) in [7, 11) is 0. The second-order valence-electron chi connectivity index (χ2n) is 6.63. The van der Waals surface area contributed by atoms with Gasteiger partial charge in [-0.15, -0.1) is 5.10 Å². The fraction of sp³-hybridized carbons (Fsp3) is 0.526. The van der Waals surface area contributed by atoms with Gasteiger partial charge in [-0.1, -0.05) is 37.3 Å². The Balaban J connectivity index is 1.76. The van der Waals surface area contributed by atoms with E-state index in [1.54, 1.807) is 0 Å². The van der Waals surface area contributed by atoms with E-state index < -0.39 is 0 Å². The maximum absolute atomic E-state index is 12.7. The highest BCUT2D eigenvalue weighted by Crippen LogP contribution is 2.41. The molecule has 0 aliphatic heterocycles. The summed E-state index contributed by atoms with van der Waals surface area (Å²) in [5.41, 5.74) is 2.37. The average Bonchev–Trinajstić information content (AvgIpc) is 3.39. The molecule has 0 spiro atoms. The van der Waals surface area contributed by atoms with Crippen LogP contribution in [0, 0.1) is 0 Å². The van der Waals surface area contributed by atoms with E-state index in [2.05, 4.69) is 41.3 Å². The number of aromatic nitrogens is 3. The molecule has 1 saturated carbocycles. The maximum atomic E-state index is 12.7. The summed E-state index contributed by atoms with van der Waals surface area (Å²) in [6.07, 6.45) is 2.19. The van der Waals surface area contributed by atoms with Crippen LogP contribution in [0.25, 0.3) is 5.69 Å². The zero-order valence-electron chi connectivity index (χ0n) is 15.3. The lowest BCUT2D eigenvalue weighted by atomic mass is 10.2. The first kappa shape index (κ1) is 17.6. The second-order valence-corrected chi connectivity index (χ2v) is 6.63. The summed E-state index contributed by atoms with van der Waals surface area (Å²) in [5, 5.41) is 11.5. The van der Waals surface area contributed by atoms with Crippen LogP contribution >= 0.6 is 0 Å². The lowest BCUT2D eigenvalue weighted by molar-refractivity contribution is 0.0932. The number of rotatable bonds is 8. The molecule has 2 aromatic rings. The first-order chi connectivity index (χ1) is 12.2. The van der Waals surface area contributed by atoms with Crippen LogP contribution in [0.3, 0.4) is 0 Å². The summed E-state index contributed by atoms with van der Waals surface area (Å²) >= 11 is 0. The molecule has 25 heavy (non-hydrogen) atoms. The first-order valence-corrected chi connectivity index (χ1v) is 9.18. The number of amides is 1. The molecule has 6 heteroatoms. The van der Waals surface area contributed by atoms with Crippen molar-refractivity contribution >= 4 is 5.91 Å². The quantitative estimate of drug-likeness (QED) is 0.802. The van der Waals surface area contributed by atoms with Crippen LogP contribution in [-0.2, 0) is 0 Å². The Hall–Kier alpha value is -2.21. The van der Waals surface area contributed by atoms with Crippen molar-refractivity contribution in [1.29, 1.82) is 0 Å². The van der Waals surface area contributed by atoms with Crippen LogP contribution in [-0.4, -0.2) is 51.5 Å². The number of para-hydroxylation sites is 1. The number of hydrogen-bond donors (Lipinski definition) is 1. The Morgan fingerprint density at radius 1 is 1.28 bits per heavy atom. The van der Waals surface area contributed by atoms with E-state index in [-0.39, 0.29) is 5.91 Å². The molecule has 1 atom stereocenters. The molecule has 6 nitrogen and oxygen atoms in total. The number of carbonyl (C=O) groups is 1. The third-order valence-electron chi connectivity index (χ3n) is 4.88. The number of likely N-dealkylation sites (N-methyl/N-ethyl adjacent to an activating group) is 1. The van der Waals surface area contributed by atoms with Gasteiger partial charge < -0.3 is 5.32 Å². The van der Waals surface area contributed by atoms with Gasteiger partial charge in [0.05, 0.1) is 11.4 Å². The number of carbonyl (C=O) groups excluding carboxylic acids is 1. The van der Waals surface area contributed by atoms with Gasteiger partial charge in [0.15, 0.2) is 5.69 Å². The molecular formula is C19H27N5O. The number of hydrogen-bond acceptors (Lipinski definition) is 4. The Morgan fingerprint density at radius 3 is 2.56 bits per heavy atom. The van der Waals surface area contributed by atoms with Gasteiger partial charge >= 0.3 is 0 Å². The van der Waals surface area contributed by atoms with Gasteiger partial charge in [0.1, 0.15) is 0 Å². The van der Waals surface area contributed by atoms with Crippen LogP contribution in [0.5, 0.6) is 0 Å². The molecular weight excluding hydrogens is 314 g/mol. The van der Waals surface area contributed by atoms with Crippen molar-refractivity contribution in [2.45, 2.75) is 45.6 Å². The molecule has 1 aliphatic carbocycles. The minimum Gasteiger partial charge on any atom is -0.349 e.